The summed E-state index contributed by atoms with van der Waals surface area (Å²) in [6.07, 6.45) is 2.28. The van der Waals surface area contributed by atoms with Gasteiger partial charge in [0, 0.05) is 24.2 Å². The van der Waals surface area contributed by atoms with Gasteiger partial charge in [0.25, 0.3) is 0 Å². The minimum absolute atomic E-state index is 0.104. The van der Waals surface area contributed by atoms with Crippen LogP contribution in [0.4, 0.5) is 5.69 Å². The molecule has 3 rings (SSSR count). The maximum atomic E-state index is 13.0. The lowest BCUT2D eigenvalue weighted by Crippen LogP contribution is -2.35. The molecule has 0 heterocycles. The van der Waals surface area contributed by atoms with Gasteiger partial charge in [-0.25, -0.2) is 0 Å². The maximum absolute atomic E-state index is 13.0. The molecule has 0 atom stereocenters. The molecule has 0 bridgehead atoms. The van der Waals surface area contributed by atoms with E-state index in [0.717, 1.165) is 24.1 Å². The summed E-state index contributed by atoms with van der Waals surface area (Å²) in [5, 5.41) is 0. The van der Waals surface area contributed by atoms with Crippen molar-refractivity contribution < 1.29 is 4.79 Å². The van der Waals surface area contributed by atoms with Crippen LogP contribution in [0.2, 0.25) is 0 Å². The Bertz CT molecular complexity index is 558. The number of benzene rings is 1. The fourth-order valence-electron chi connectivity index (χ4n) is 3.64. The minimum atomic E-state index is 0.104. The third kappa shape index (κ3) is 2.33. The second-order valence-corrected chi connectivity index (χ2v) is 7.82. The highest BCUT2D eigenvalue weighted by Gasteiger charge is 2.69. The highest BCUT2D eigenvalue weighted by Crippen LogP contribution is 2.69. The Labute approximate surface area is 127 Å². The average Bonchev–Trinajstić information content (AvgIpc) is 3.25. The minimum Gasteiger partial charge on any atom is -0.399 e. The Morgan fingerprint density at radius 1 is 1.24 bits per heavy atom. The summed E-state index contributed by atoms with van der Waals surface area (Å²) in [5.41, 5.74) is 7.96. The van der Waals surface area contributed by atoms with Crippen molar-refractivity contribution in [2.24, 2.45) is 16.7 Å². The van der Waals surface area contributed by atoms with Gasteiger partial charge in [-0.15, -0.1) is 0 Å². The molecule has 0 spiro atoms. The van der Waals surface area contributed by atoms with Crippen LogP contribution in [0.5, 0.6) is 0 Å². The Morgan fingerprint density at radius 3 is 2.33 bits per heavy atom. The van der Waals surface area contributed by atoms with Crippen LogP contribution in [0.3, 0.4) is 0 Å². The molecule has 21 heavy (non-hydrogen) atoms. The molecule has 0 unspecified atom stereocenters. The third-order valence-corrected chi connectivity index (χ3v) is 5.84. The average molecular weight is 286 g/mol. The summed E-state index contributed by atoms with van der Waals surface area (Å²) in [6.45, 7) is 9.53. The fraction of sp³-hybridized carbons (Fsp3) is 0.611. The molecule has 0 saturated heterocycles. The molecule has 2 saturated carbocycles. The van der Waals surface area contributed by atoms with E-state index in [0.29, 0.717) is 18.5 Å². The Morgan fingerprint density at radius 2 is 1.86 bits per heavy atom. The summed E-state index contributed by atoms with van der Waals surface area (Å²) in [4.78, 5) is 15.1. The van der Waals surface area contributed by atoms with Crippen molar-refractivity contribution in [3.8, 4) is 0 Å². The normalized spacial score (nSPS) is 22.9. The number of nitrogens with two attached hydrogens (primary N) is 1. The first kappa shape index (κ1) is 14.4. The molecular weight excluding hydrogens is 260 g/mol. The van der Waals surface area contributed by atoms with Gasteiger partial charge in [0.1, 0.15) is 0 Å². The van der Waals surface area contributed by atoms with Crippen LogP contribution < -0.4 is 5.73 Å². The molecule has 3 nitrogen and oxygen atoms in total. The number of hydrogen-bond acceptors (Lipinski definition) is 2. The topological polar surface area (TPSA) is 46.3 Å². The molecule has 114 valence electrons. The van der Waals surface area contributed by atoms with E-state index in [1.165, 1.54) is 0 Å². The Hall–Kier alpha value is -1.51. The Kier molecular flexibility index (Phi) is 3.09. The molecule has 2 aliphatic rings. The van der Waals surface area contributed by atoms with E-state index in [1.807, 2.05) is 18.2 Å². The van der Waals surface area contributed by atoms with Gasteiger partial charge in [0.2, 0.25) is 5.91 Å². The summed E-state index contributed by atoms with van der Waals surface area (Å²) in [7, 11) is 0. The number of amides is 1. The molecule has 0 aromatic heterocycles. The molecule has 0 aliphatic heterocycles. The lowest BCUT2D eigenvalue weighted by Gasteiger charge is -2.24. The Balaban J connectivity index is 1.79. The van der Waals surface area contributed by atoms with Crippen molar-refractivity contribution in [1.29, 1.82) is 0 Å². The lowest BCUT2D eigenvalue weighted by atomic mass is 10.0. The fourth-order valence-corrected chi connectivity index (χ4v) is 3.64. The van der Waals surface area contributed by atoms with Crippen LogP contribution in [-0.4, -0.2) is 16.8 Å². The standard InChI is InChI=1S/C18H26N2O/c1-17(2)15(18(17,3)4)16(21)20(14-8-9-14)11-12-6-5-7-13(19)10-12/h5-7,10,14-15H,8-9,11,19H2,1-4H3. The van der Waals surface area contributed by atoms with Crippen LogP contribution in [-0.2, 0) is 11.3 Å². The predicted molar refractivity (Wildman–Crippen MR) is 85.5 cm³/mol. The summed E-state index contributed by atoms with van der Waals surface area (Å²) >= 11 is 0. The number of rotatable bonds is 4. The first-order valence-corrected chi connectivity index (χ1v) is 7.90. The maximum Gasteiger partial charge on any atom is 0.227 e. The van der Waals surface area contributed by atoms with E-state index in [2.05, 4.69) is 38.7 Å². The van der Waals surface area contributed by atoms with Crippen LogP contribution in [0, 0.1) is 16.7 Å². The summed E-state index contributed by atoms with van der Waals surface area (Å²) in [5.74, 6) is 0.474. The van der Waals surface area contributed by atoms with Gasteiger partial charge in [-0.2, -0.15) is 0 Å². The second-order valence-electron chi connectivity index (χ2n) is 7.82. The molecule has 3 heteroatoms. The summed E-state index contributed by atoms with van der Waals surface area (Å²) in [6, 6.07) is 8.32. The molecule has 1 amide bonds. The van der Waals surface area contributed by atoms with E-state index in [4.69, 9.17) is 5.73 Å². The van der Waals surface area contributed by atoms with Crippen molar-refractivity contribution in [2.45, 2.75) is 53.1 Å². The smallest absolute Gasteiger partial charge is 0.227 e. The van der Waals surface area contributed by atoms with Crippen molar-refractivity contribution in [1.82, 2.24) is 4.90 Å². The third-order valence-electron chi connectivity index (χ3n) is 5.84. The van der Waals surface area contributed by atoms with Crippen molar-refractivity contribution in [3.05, 3.63) is 29.8 Å². The lowest BCUT2D eigenvalue weighted by molar-refractivity contribution is -0.135. The molecule has 1 aromatic rings. The second kappa shape index (κ2) is 4.49. The number of hydrogen-bond donors (Lipinski definition) is 1. The zero-order valence-electron chi connectivity index (χ0n) is 13.5. The zero-order valence-corrected chi connectivity index (χ0v) is 13.5. The van der Waals surface area contributed by atoms with Gasteiger partial charge in [0.15, 0.2) is 0 Å². The van der Waals surface area contributed by atoms with Gasteiger partial charge in [0.05, 0.1) is 0 Å². The van der Waals surface area contributed by atoms with Gasteiger partial charge >= 0.3 is 0 Å². The van der Waals surface area contributed by atoms with Crippen LogP contribution >= 0.6 is 0 Å². The van der Waals surface area contributed by atoms with Gasteiger partial charge in [-0.1, -0.05) is 39.8 Å². The van der Waals surface area contributed by atoms with Crippen LogP contribution in [0.15, 0.2) is 24.3 Å². The number of anilines is 1. The SMILES string of the molecule is CC1(C)C(C(=O)N(Cc2cccc(N)c2)C2CC2)C1(C)C. The van der Waals surface area contributed by atoms with Gasteiger partial charge < -0.3 is 10.6 Å². The zero-order chi connectivity index (χ0) is 15.4. The first-order valence-electron chi connectivity index (χ1n) is 7.90. The van der Waals surface area contributed by atoms with Gasteiger partial charge in [-0.3, -0.25) is 4.79 Å². The van der Waals surface area contributed by atoms with E-state index >= 15 is 0 Å². The first-order chi connectivity index (χ1) is 9.75. The van der Waals surface area contributed by atoms with E-state index in [1.54, 1.807) is 0 Å². The van der Waals surface area contributed by atoms with Crippen LogP contribution in [0.1, 0.15) is 46.1 Å². The highest BCUT2D eigenvalue weighted by molar-refractivity contribution is 5.84. The van der Waals surface area contributed by atoms with Crippen molar-refractivity contribution >= 4 is 11.6 Å². The van der Waals surface area contributed by atoms with Crippen molar-refractivity contribution in [3.63, 3.8) is 0 Å². The molecule has 2 fully saturated rings. The predicted octanol–water partition coefficient (Wildman–Crippen LogP) is 3.44. The molecule has 2 aliphatic carbocycles. The molecule has 1 aromatic carbocycles. The van der Waals surface area contributed by atoms with E-state index in [9.17, 15) is 4.79 Å². The molecule has 0 radical (unpaired) electrons. The molecule has 2 N–H and O–H groups in total. The van der Waals surface area contributed by atoms with E-state index < -0.39 is 0 Å². The highest BCUT2D eigenvalue weighted by atomic mass is 16.2. The monoisotopic (exact) mass is 286 g/mol. The van der Waals surface area contributed by atoms with Gasteiger partial charge in [-0.05, 0) is 41.4 Å². The largest absolute Gasteiger partial charge is 0.399 e. The van der Waals surface area contributed by atoms with E-state index in [-0.39, 0.29) is 16.7 Å². The number of carbonyl (C=O) groups excluding carboxylic acids is 1. The van der Waals surface area contributed by atoms with Crippen molar-refractivity contribution in [2.75, 3.05) is 5.73 Å². The number of nitrogen functional groups attached to an aromatic ring is 1. The number of nitrogens with zero attached hydrogens (tertiary/aromatic N) is 1. The summed E-state index contributed by atoms with van der Waals surface area (Å²) < 4.78 is 0. The quantitative estimate of drug-likeness (QED) is 0.862. The van der Waals surface area contributed by atoms with Crippen LogP contribution in [0.25, 0.3) is 0 Å². The number of carbonyl (C=O) groups is 1. The molecular formula is C18H26N2O.